The van der Waals surface area contributed by atoms with E-state index < -0.39 is 5.78 Å². The van der Waals surface area contributed by atoms with E-state index in [1.807, 2.05) is 30.7 Å². The Kier molecular flexibility index (Phi) is 3.61. The molecule has 0 bridgehead atoms. The largest absolute Gasteiger partial charge is 0.507 e. The van der Waals surface area contributed by atoms with E-state index in [9.17, 15) is 9.90 Å². The molecule has 0 aliphatic heterocycles. The zero-order valence-electron chi connectivity index (χ0n) is 10.7. The molecule has 2 N–H and O–H groups in total. The molecular weight excluding hydrogens is 244 g/mol. The minimum atomic E-state index is -0.425. The number of allylic oxidation sites excluding steroid dienone is 2. The third kappa shape index (κ3) is 2.79. The van der Waals surface area contributed by atoms with Gasteiger partial charge in [0.2, 0.25) is 5.78 Å². The number of rotatable bonds is 4. The quantitative estimate of drug-likeness (QED) is 0.499. The second-order valence-electron chi connectivity index (χ2n) is 3.99. The zero-order chi connectivity index (χ0) is 13.8. The van der Waals surface area contributed by atoms with E-state index in [4.69, 9.17) is 0 Å². The lowest BCUT2D eigenvalue weighted by Gasteiger charge is -1.94. The molecule has 0 unspecified atom stereocenters. The molecule has 0 radical (unpaired) electrons. The average molecular weight is 258 g/mol. The number of H-pyrrole nitrogens is 1. The second-order valence-corrected chi connectivity index (χ2v) is 3.99. The van der Waals surface area contributed by atoms with Crippen molar-refractivity contribution in [3.8, 4) is 0 Å². The van der Waals surface area contributed by atoms with E-state index in [0.717, 1.165) is 11.8 Å². The number of aromatic amines is 1. The summed E-state index contributed by atoms with van der Waals surface area (Å²) in [6, 6.07) is 1.79. The van der Waals surface area contributed by atoms with Crippen LogP contribution in [0.1, 0.15) is 28.8 Å². The highest BCUT2D eigenvalue weighted by molar-refractivity contribution is 6.05. The Morgan fingerprint density at radius 3 is 2.95 bits per heavy atom. The Morgan fingerprint density at radius 1 is 1.53 bits per heavy atom. The van der Waals surface area contributed by atoms with Gasteiger partial charge in [-0.1, -0.05) is 6.08 Å². The molecule has 2 aromatic rings. The number of carbonyl (C=O) groups excluding carboxylic acids is 1. The van der Waals surface area contributed by atoms with Crippen LogP contribution in [0.15, 0.2) is 30.7 Å². The van der Waals surface area contributed by atoms with Crippen molar-refractivity contribution >= 4 is 17.6 Å². The normalized spacial score (nSPS) is 12.2. The number of carbonyl (C=O) groups is 1. The van der Waals surface area contributed by atoms with Crippen molar-refractivity contribution in [3.63, 3.8) is 0 Å². The molecule has 0 aliphatic carbocycles. The number of ketones is 1. The fourth-order valence-electron chi connectivity index (χ4n) is 1.66. The van der Waals surface area contributed by atoms with E-state index >= 15 is 0 Å². The molecule has 0 saturated carbocycles. The van der Waals surface area contributed by atoms with Crippen molar-refractivity contribution in [3.05, 3.63) is 47.8 Å². The van der Waals surface area contributed by atoms with Gasteiger partial charge in [-0.25, -0.2) is 4.98 Å². The smallest absolute Gasteiger partial charge is 0.226 e. The predicted octanol–water partition coefficient (Wildman–Crippen LogP) is 1.96. The standard InChI is InChI=1S/C13H14N4O2/c1-3-4-10-5-9(7-17(10)2)11(18)6-12(19)13-14-8-15-16-13/h3-8,18H,1-2H3,(H,14,15,16)/b4-3+,11-6-. The van der Waals surface area contributed by atoms with Crippen molar-refractivity contribution in [2.24, 2.45) is 7.05 Å². The molecule has 0 saturated heterocycles. The van der Waals surface area contributed by atoms with Gasteiger partial charge >= 0.3 is 0 Å². The van der Waals surface area contributed by atoms with Crippen LogP contribution < -0.4 is 0 Å². The second kappa shape index (κ2) is 5.34. The van der Waals surface area contributed by atoms with Gasteiger partial charge in [0.1, 0.15) is 12.1 Å². The van der Waals surface area contributed by atoms with E-state index in [0.29, 0.717) is 5.56 Å². The number of aromatic nitrogens is 4. The molecule has 0 aromatic carbocycles. The fourth-order valence-corrected chi connectivity index (χ4v) is 1.66. The van der Waals surface area contributed by atoms with Crippen molar-refractivity contribution in [1.29, 1.82) is 0 Å². The van der Waals surface area contributed by atoms with Crippen LogP contribution in [0.2, 0.25) is 0 Å². The minimum Gasteiger partial charge on any atom is -0.507 e. The first-order valence-electron chi connectivity index (χ1n) is 5.71. The molecular formula is C13H14N4O2. The summed E-state index contributed by atoms with van der Waals surface area (Å²) >= 11 is 0. The Labute approximate surface area is 110 Å². The molecule has 19 heavy (non-hydrogen) atoms. The molecule has 6 heteroatoms. The highest BCUT2D eigenvalue weighted by Gasteiger charge is 2.10. The first-order valence-corrected chi connectivity index (χ1v) is 5.71. The van der Waals surface area contributed by atoms with Crippen molar-refractivity contribution in [1.82, 2.24) is 19.7 Å². The summed E-state index contributed by atoms with van der Waals surface area (Å²) in [4.78, 5) is 15.4. The van der Waals surface area contributed by atoms with Crippen LogP contribution >= 0.6 is 0 Å². The third-order valence-electron chi connectivity index (χ3n) is 2.59. The minimum absolute atomic E-state index is 0.0937. The number of hydrogen-bond acceptors (Lipinski definition) is 4. The number of hydrogen-bond donors (Lipinski definition) is 2. The zero-order valence-corrected chi connectivity index (χ0v) is 10.7. The monoisotopic (exact) mass is 258 g/mol. The van der Waals surface area contributed by atoms with Crippen LogP contribution in [-0.4, -0.2) is 30.6 Å². The lowest BCUT2D eigenvalue weighted by molar-refractivity contribution is 0.103. The van der Waals surface area contributed by atoms with Gasteiger partial charge in [-0.2, -0.15) is 5.10 Å². The number of aliphatic hydroxyl groups excluding tert-OH is 1. The molecule has 0 aliphatic rings. The molecule has 2 rings (SSSR count). The average Bonchev–Trinajstić information content (AvgIpc) is 3.00. The molecule has 2 aromatic heterocycles. The summed E-state index contributed by atoms with van der Waals surface area (Å²) in [7, 11) is 1.87. The molecule has 2 heterocycles. The Morgan fingerprint density at radius 2 is 2.32 bits per heavy atom. The van der Waals surface area contributed by atoms with Crippen molar-refractivity contribution in [2.45, 2.75) is 6.92 Å². The Bertz CT molecular complexity index is 636. The van der Waals surface area contributed by atoms with Gasteiger partial charge in [-0.15, -0.1) is 0 Å². The van der Waals surface area contributed by atoms with Gasteiger partial charge in [0.15, 0.2) is 5.82 Å². The first kappa shape index (κ1) is 12.8. The van der Waals surface area contributed by atoms with Crippen LogP contribution in [0.3, 0.4) is 0 Å². The van der Waals surface area contributed by atoms with Crippen molar-refractivity contribution < 1.29 is 9.90 Å². The molecule has 0 amide bonds. The van der Waals surface area contributed by atoms with Gasteiger partial charge in [0, 0.05) is 30.6 Å². The van der Waals surface area contributed by atoms with Gasteiger partial charge in [0.25, 0.3) is 0 Å². The van der Waals surface area contributed by atoms with Gasteiger partial charge < -0.3 is 9.67 Å². The van der Waals surface area contributed by atoms with Gasteiger partial charge in [0.05, 0.1) is 0 Å². The summed E-state index contributed by atoms with van der Waals surface area (Å²) in [5, 5.41) is 16.0. The maximum atomic E-state index is 11.7. The van der Waals surface area contributed by atoms with Crippen LogP contribution in [0.25, 0.3) is 11.8 Å². The lowest BCUT2D eigenvalue weighted by atomic mass is 10.2. The molecule has 6 nitrogen and oxygen atoms in total. The molecule has 0 atom stereocenters. The van der Waals surface area contributed by atoms with Crippen LogP contribution in [0, 0.1) is 0 Å². The topological polar surface area (TPSA) is 83.8 Å². The summed E-state index contributed by atoms with van der Waals surface area (Å²) in [6.45, 7) is 1.91. The van der Waals surface area contributed by atoms with Crippen LogP contribution in [0.5, 0.6) is 0 Å². The molecule has 98 valence electrons. The number of nitrogens with one attached hydrogen (secondary N) is 1. The maximum Gasteiger partial charge on any atom is 0.226 e. The molecule has 0 spiro atoms. The SMILES string of the molecule is C/C=C/c1cc(/C(O)=C/C(=O)c2ncn[nH]2)cn1C. The number of aryl methyl sites for hydroxylation is 1. The predicted molar refractivity (Wildman–Crippen MR) is 71.4 cm³/mol. The number of aliphatic hydroxyl groups is 1. The van der Waals surface area contributed by atoms with E-state index in [2.05, 4.69) is 15.2 Å². The van der Waals surface area contributed by atoms with E-state index in [-0.39, 0.29) is 11.6 Å². The summed E-state index contributed by atoms with van der Waals surface area (Å²) < 4.78 is 1.86. The van der Waals surface area contributed by atoms with Gasteiger partial charge in [-0.3, -0.25) is 9.89 Å². The summed E-state index contributed by atoms with van der Waals surface area (Å²) in [5.74, 6) is -0.435. The lowest BCUT2D eigenvalue weighted by Crippen LogP contribution is -1.99. The summed E-state index contributed by atoms with van der Waals surface area (Å²) in [6.07, 6.45) is 7.92. The highest BCUT2D eigenvalue weighted by Crippen LogP contribution is 2.16. The Hall–Kier alpha value is -2.63. The van der Waals surface area contributed by atoms with Gasteiger partial charge in [-0.05, 0) is 19.1 Å². The maximum absolute atomic E-state index is 11.7. The van der Waals surface area contributed by atoms with E-state index in [1.54, 1.807) is 12.3 Å². The fraction of sp³-hybridized carbons (Fsp3) is 0.154. The Balaban J connectivity index is 2.26. The third-order valence-corrected chi connectivity index (χ3v) is 2.59. The molecule has 0 fully saturated rings. The van der Waals surface area contributed by atoms with Crippen LogP contribution in [-0.2, 0) is 7.05 Å². The highest BCUT2D eigenvalue weighted by atomic mass is 16.3. The number of nitrogens with zero attached hydrogens (tertiary/aromatic N) is 3. The van der Waals surface area contributed by atoms with Crippen molar-refractivity contribution in [2.75, 3.05) is 0 Å². The summed E-state index contributed by atoms with van der Waals surface area (Å²) in [5.41, 5.74) is 1.51. The van der Waals surface area contributed by atoms with Crippen LogP contribution in [0.4, 0.5) is 0 Å². The van der Waals surface area contributed by atoms with E-state index in [1.165, 1.54) is 6.33 Å². The first-order chi connectivity index (χ1) is 9.11.